The molecule has 1 amide bonds. The monoisotopic (exact) mass is 413 g/mol. The molecule has 0 fully saturated rings. The van der Waals surface area contributed by atoms with Gasteiger partial charge >= 0.3 is 6.01 Å². The van der Waals surface area contributed by atoms with Crippen molar-refractivity contribution in [2.75, 3.05) is 5.32 Å². The standard InChI is InChI=1S/C21H23N3O4S/c1-13(2)29(26,27)18-9-7-16(8-10-18)20-23-24-21(28-20)22-19(25)12-17-11-14(3)5-6-15(17)4/h5-11,13H,12H2,1-4H3,(H,22,24,25). The fraction of sp³-hybridized carbons (Fsp3) is 0.286. The van der Waals surface area contributed by atoms with Crippen LogP contribution in [0.4, 0.5) is 6.01 Å². The third-order valence-corrected chi connectivity index (χ3v) is 6.75. The third kappa shape index (κ3) is 4.71. The van der Waals surface area contributed by atoms with Crippen molar-refractivity contribution in [3.8, 4) is 11.5 Å². The molecule has 0 spiro atoms. The van der Waals surface area contributed by atoms with Crippen molar-refractivity contribution < 1.29 is 17.6 Å². The molecule has 0 atom stereocenters. The molecule has 2 aromatic carbocycles. The van der Waals surface area contributed by atoms with Crippen molar-refractivity contribution in [2.24, 2.45) is 0 Å². The summed E-state index contributed by atoms with van der Waals surface area (Å²) >= 11 is 0. The minimum Gasteiger partial charge on any atom is -0.403 e. The van der Waals surface area contributed by atoms with Crippen LogP contribution in [0.25, 0.3) is 11.5 Å². The molecule has 1 heterocycles. The lowest BCUT2D eigenvalue weighted by molar-refractivity contribution is -0.115. The molecule has 29 heavy (non-hydrogen) atoms. The minimum absolute atomic E-state index is 0.00538. The van der Waals surface area contributed by atoms with Gasteiger partial charge in [-0.05, 0) is 63.1 Å². The number of anilines is 1. The topological polar surface area (TPSA) is 102 Å². The van der Waals surface area contributed by atoms with E-state index in [9.17, 15) is 13.2 Å². The molecule has 8 heteroatoms. The van der Waals surface area contributed by atoms with E-state index in [2.05, 4.69) is 15.5 Å². The van der Waals surface area contributed by atoms with Crippen LogP contribution in [0.2, 0.25) is 0 Å². The van der Waals surface area contributed by atoms with E-state index < -0.39 is 15.1 Å². The summed E-state index contributed by atoms with van der Waals surface area (Å²) in [7, 11) is -3.35. The third-order valence-electron chi connectivity index (χ3n) is 4.58. The number of benzene rings is 2. The molecule has 0 bridgehead atoms. The van der Waals surface area contributed by atoms with E-state index in [4.69, 9.17) is 4.42 Å². The van der Waals surface area contributed by atoms with E-state index in [1.807, 2.05) is 32.0 Å². The lowest BCUT2D eigenvalue weighted by Gasteiger charge is -2.07. The van der Waals surface area contributed by atoms with Gasteiger partial charge in [0.2, 0.25) is 11.8 Å². The summed E-state index contributed by atoms with van der Waals surface area (Å²) in [6.45, 7) is 7.20. The second kappa shape index (κ2) is 8.16. The normalized spacial score (nSPS) is 11.6. The number of nitrogens with zero attached hydrogens (tertiary/aromatic N) is 2. The number of hydrogen-bond donors (Lipinski definition) is 1. The number of aromatic nitrogens is 2. The van der Waals surface area contributed by atoms with Gasteiger partial charge < -0.3 is 4.42 Å². The van der Waals surface area contributed by atoms with Gasteiger partial charge in [-0.25, -0.2) is 8.42 Å². The number of carbonyl (C=O) groups excluding carboxylic acids is 1. The Labute approximate surface area is 170 Å². The predicted octanol–water partition coefficient (Wildman–Crippen LogP) is 3.72. The number of hydrogen-bond acceptors (Lipinski definition) is 6. The molecule has 0 unspecified atom stereocenters. The van der Waals surface area contributed by atoms with Gasteiger partial charge in [-0.1, -0.05) is 28.9 Å². The van der Waals surface area contributed by atoms with Crippen molar-refractivity contribution in [1.82, 2.24) is 10.2 Å². The Hall–Kier alpha value is -3.00. The van der Waals surface area contributed by atoms with E-state index in [-0.39, 0.29) is 29.1 Å². The number of sulfone groups is 1. The predicted molar refractivity (Wildman–Crippen MR) is 110 cm³/mol. The van der Waals surface area contributed by atoms with Gasteiger partial charge in [-0.3, -0.25) is 10.1 Å². The fourth-order valence-corrected chi connectivity index (χ4v) is 3.84. The minimum atomic E-state index is -3.35. The Balaban J connectivity index is 1.71. The van der Waals surface area contributed by atoms with Crippen molar-refractivity contribution >= 4 is 21.8 Å². The van der Waals surface area contributed by atoms with Crippen LogP contribution in [0.3, 0.4) is 0 Å². The summed E-state index contributed by atoms with van der Waals surface area (Å²) in [6.07, 6.45) is 0.201. The molecule has 0 aliphatic carbocycles. The SMILES string of the molecule is Cc1ccc(C)c(CC(=O)Nc2nnc(-c3ccc(S(=O)(=O)C(C)C)cc3)o2)c1. The second-order valence-corrected chi connectivity index (χ2v) is 9.69. The second-order valence-electron chi connectivity index (χ2n) is 7.19. The summed E-state index contributed by atoms with van der Waals surface area (Å²) < 4.78 is 29.9. The van der Waals surface area contributed by atoms with Gasteiger partial charge in [0.05, 0.1) is 16.6 Å². The first kappa shape index (κ1) is 20.7. The lowest BCUT2D eigenvalue weighted by atomic mass is 10.0. The van der Waals surface area contributed by atoms with Crippen molar-refractivity contribution in [1.29, 1.82) is 0 Å². The summed E-state index contributed by atoms with van der Waals surface area (Å²) in [5.41, 5.74) is 3.62. The first-order chi connectivity index (χ1) is 13.7. The van der Waals surface area contributed by atoms with Gasteiger partial charge in [0.15, 0.2) is 9.84 Å². The molecule has 152 valence electrons. The molecule has 3 rings (SSSR count). The van der Waals surface area contributed by atoms with E-state index in [0.717, 1.165) is 16.7 Å². The van der Waals surface area contributed by atoms with Gasteiger partial charge in [0.1, 0.15) is 0 Å². The van der Waals surface area contributed by atoms with Crippen LogP contribution in [0.5, 0.6) is 0 Å². The molecule has 0 aliphatic heterocycles. The van der Waals surface area contributed by atoms with Crippen LogP contribution in [-0.4, -0.2) is 29.8 Å². The zero-order valence-corrected chi connectivity index (χ0v) is 17.6. The van der Waals surface area contributed by atoms with Crippen molar-refractivity contribution in [2.45, 2.75) is 44.3 Å². The largest absolute Gasteiger partial charge is 0.403 e. The highest BCUT2D eigenvalue weighted by molar-refractivity contribution is 7.92. The number of carbonyl (C=O) groups is 1. The molecule has 0 saturated heterocycles. The first-order valence-electron chi connectivity index (χ1n) is 9.20. The summed E-state index contributed by atoms with van der Waals surface area (Å²) in [4.78, 5) is 12.5. The zero-order valence-electron chi connectivity index (χ0n) is 16.8. The van der Waals surface area contributed by atoms with Crippen molar-refractivity contribution in [3.05, 3.63) is 59.2 Å². The van der Waals surface area contributed by atoms with Crippen LogP contribution in [0.15, 0.2) is 51.8 Å². The number of nitrogens with one attached hydrogen (secondary N) is 1. The smallest absolute Gasteiger partial charge is 0.322 e. The Morgan fingerprint density at radius 2 is 1.76 bits per heavy atom. The maximum absolute atomic E-state index is 12.3. The summed E-state index contributed by atoms with van der Waals surface area (Å²) in [5, 5.41) is 9.87. The van der Waals surface area contributed by atoms with Crippen LogP contribution >= 0.6 is 0 Å². The molecule has 0 aliphatic rings. The van der Waals surface area contributed by atoms with Crippen LogP contribution in [-0.2, 0) is 21.1 Å². The highest BCUT2D eigenvalue weighted by Gasteiger charge is 2.19. The van der Waals surface area contributed by atoms with E-state index in [1.54, 1.807) is 26.0 Å². The van der Waals surface area contributed by atoms with Gasteiger partial charge in [0, 0.05) is 5.56 Å². The zero-order chi connectivity index (χ0) is 21.2. The fourth-order valence-electron chi connectivity index (χ4n) is 2.78. The Bertz CT molecular complexity index is 1130. The number of amides is 1. The van der Waals surface area contributed by atoms with Gasteiger partial charge in [-0.15, -0.1) is 5.10 Å². The van der Waals surface area contributed by atoms with Crippen LogP contribution < -0.4 is 5.32 Å². The first-order valence-corrected chi connectivity index (χ1v) is 10.8. The van der Waals surface area contributed by atoms with Gasteiger partial charge in [-0.2, -0.15) is 0 Å². The maximum Gasteiger partial charge on any atom is 0.322 e. The summed E-state index contributed by atoms with van der Waals surface area (Å²) in [5.74, 6) is -0.0622. The Morgan fingerprint density at radius 3 is 2.41 bits per heavy atom. The van der Waals surface area contributed by atoms with E-state index in [0.29, 0.717) is 5.56 Å². The molecule has 3 aromatic rings. The molecule has 0 saturated carbocycles. The van der Waals surface area contributed by atoms with E-state index >= 15 is 0 Å². The van der Waals surface area contributed by atoms with E-state index in [1.165, 1.54) is 12.1 Å². The highest BCUT2D eigenvalue weighted by atomic mass is 32.2. The maximum atomic E-state index is 12.3. The number of aryl methyl sites for hydroxylation is 2. The molecule has 0 radical (unpaired) electrons. The van der Waals surface area contributed by atoms with Crippen LogP contribution in [0.1, 0.15) is 30.5 Å². The molecular formula is C21H23N3O4S. The van der Waals surface area contributed by atoms with Crippen molar-refractivity contribution in [3.63, 3.8) is 0 Å². The Kier molecular flexibility index (Phi) is 5.83. The van der Waals surface area contributed by atoms with Crippen LogP contribution in [0, 0.1) is 13.8 Å². The number of rotatable bonds is 6. The average Bonchev–Trinajstić information content (AvgIpc) is 3.13. The quantitative estimate of drug-likeness (QED) is 0.661. The van der Waals surface area contributed by atoms with Gasteiger partial charge in [0.25, 0.3) is 0 Å². The Morgan fingerprint density at radius 1 is 1.07 bits per heavy atom. The highest BCUT2D eigenvalue weighted by Crippen LogP contribution is 2.23. The summed E-state index contributed by atoms with van der Waals surface area (Å²) in [6, 6.07) is 12.2. The molecule has 7 nitrogen and oxygen atoms in total. The molecule has 1 N–H and O–H groups in total. The average molecular weight is 413 g/mol. The molecule has 1 aromatic heterocycles. The lowest BCUT2D eigenvalue weighted by Crippen LogP contribution is -2.15. The molecular weight excluding hydrogens is 390 g/mol.